The molecule has 0 radical (unpaired) electrons. The van der Waals surface area contributed by atoms with Gasteiger partial charge in [0.05, 0.1) is 74.3 Å². The molecule has 2 aliphatic heterocycles. The van der Waals surface area contributed by atoms with Crippen LogP contribution in [-0.2, 0) is 23.9 Å². The number of carbonyl (C=O) groups is 4. The Morgan fingerprint density at radius 3 is 1.93 bits per heavy atom. The van der Waals surface area contributed by atoms with Crippen LogP contribution in [0.1, 0.15) is 83.5 Å². The van der Waals surface area contributed by atoms with Gasteiger partial charge in [-0.25, -0.2) is 24.7 Å². The van der Waals surface area contributed by atoms with Crippen molar-refractivity contribution in [1.29, 1.82) is 0 Å². The number of likely N-dealkylation sites (tertiary alicyclic amines) is 2. The third kappa shape index (κ3) is 8.27. The number of aromatic amines is 2. The number of ether oxygens (including phenoxy) is 2. The van der Waals surface area contributed by atoms with Gasteiger partial charge in [-0.15, -0.1) is 0 Å². The van der Waals surface area contributed by atoms with E-state index in [-0.39, 0.29) is 42.2 Å². The smallest absolute Gasteiger partial charge is 0.407 e. The maximum absolute atomic E-state index is 13.6. The molecule has 2 aliphatic rings. The van der Waals surface area contributed by atoms with Crippen molar-refractivity contribution in [2.24, 2.45) is 17.8 Å². The fourth-order valence-corrected chi connectivity index (χ4v) is 7.90. The maximum Gasteiger partial charge on any atom is 0.407 e. The van der Waals surface area contributed by atoms with E-state index in [1.54, 1.807) is 29.7 Å². The van der Waals surface area contributed by atoms with Crippen LogP contribution in [0.5, 0.6) is 0 Å². The molecular formula is C42H50N10O6. The molecule has 2 fully saturated rings. The number of amides is 3. The Hall–Kier alpha value is -6.19. The standard InChI is InChI=1S/C42H50N10O6/c1-23(2)28(18-35(53)57-5)40(54)51-15-7-9-33(51)38-46-22-32(49-38)27-17-29-37(44-19-27)47-30(20-43-29)25-11-13-26(14-12-25)31-21-45-39(48-31)34-10-8-16-52(34)41(55)36(24(3)4)50-42(56)58-6/h11-14,17,19-24,28,33-34,36H,7-10,15-16,18H2,1-6H3,(H,45,48)(H,46,49)(H,50,56)/t28-,33-,34-,36-/m0/s1. The van der Waals surface area contributed by atoms with Crippen molar-refractivity contribution >= 4 is 35.0 Å². The highest BCUT2D eigenvalue weighted by atomic mass is 16.5. The lowest BCUT2D eigenvalue weighted by Crippen LogP contribution is -2.51. The topological polar surface area (TPSA) is 201 Å². The number of aromatic nitrogens is 7. The highest BCUT2D eigenvalue weighted by Crippen LogP contribution is 2.36. The number of nitrogens with one attached hydrogen (secondary N) is 3. The minimum Gasteiger partial charge on any atom is -0.469 e. The van der Waals surface area contributed by atoms with Crippen LogP contribution in [0.25, 0.3) is 44.9 Å². The summed E-state index contributed by atoms with van der Waals surface area (Å²) in [6.07, 6.45) is 9.61. The summed E-state index contributed by atoms with van der Waals surface area (Å²) >= 11 is 0. The molecule has 16 nitrogen and oxygen atoms in total. The quantitative estimate of drug-likeness (QED) is 0.125. The average molecular weight is 791 g/mol. The van der Waals surface area contributed by atoms with Crippen molar-refractivity contribution in [2.45, 2.75) is 77.9 Å². The Kier molecular flexibility index (Phi) is 11.8. The number of rotatable bonds is 12. The van der Waals surface area contributed by atoms with E-state index >= 15 is 0 Å². The fourth-order valence-electron chi connectivity index (χ4n) is 7.90. The zero-order valence-electron chi connectivity index (χ0n) is 33.7. The average Bonchev–Trinajstić information content (AvgIpc) is 4.07. The predicted octanol–water partition coefficient (Wildman–Crippen LogP) is 6.01. The lowest BCUT2D eigenvalue weighted by atomic mass is 9.91. The summed E-state index contributed by atoms with van der Waals surface area (Å²) in [6, 6.07) is 8.68. The molecule has 58 heavy (non-hydrogen) atoms. The molecule has 4 aromatic heterocycles. The SMILES string of the molecule is COC(=O)C[C@H](C(=O)N1CCC[C@H]1c1ncc(-c2cnc3nc(-c4ccc(-c5cnc([C@@H]6CCCN6C(=O)[C@@H](NC(=O)OC)C(C)C)[nH]5)cc4)cnc3c2)[nH]1)C(C)C. The maximum atomic E-state index is 13.6. The first-order valence-electron chi connectivity index (χ1n) is 19.8. The molecule has 6 heterocycles. The first-order valence-corrected chi connectivity index (χ1v) is 19.8. The molecule has 4 atom stereocenters. The van der Waals surface area contributed by atoms with Crippen molar-refractivity contribution in [3.05, 3.63) is 66.8 Å². The van der Waals surface area contributed by atoms with E-state index in [4.69, 9.17) is 19.4 Å². The number of hydrogen-bond donors (Lipinski definition) is 3. The van der Waals surface area contributed by atoms with Gasteiger partial charge in [-0.1, -0.05) is 52.0 Å². The van der Waals surface area contributed by atoms with Crippen molar-refractivity contribution < 1.29 is 28.7 Å². The van der Waals surface area contributed by atoms with Gasteiger partial charge in [-0.05, 0) is 49.1 Å². The molecule has 0 aliphatic carbocycles. The van der Waals surface area contributed by atoms with E-state index in [0.717, 1.165) is 53.8 Å². The summed E-state index contributed by atoms with van der Waals surface area (Å²) in [5.74, 6) is 0.196. The van der Waals surface area contributed by atoms with Gasteiger partial charge in [0.2, 0.25) is 11.8 Å². The van der Waals surface area contributed by atoms with E-state index in [9.17, 15) is 19.2 Å². The van der Waals surface area contributed by atoms with Crippen LogP contribution < -0.4 is 5.32 Å². The monoisotopic (exact) mass is 790 g/mol. The van der Waals surface area contributed by atoms with Crippen LogP contribution in [0.3, 0.4) is 0 Å². The second-order valence-corrected chi connectivity index (χ2v) is 15.6. The Labute approximate surface area is 336 Å². The lowest BCUT2D eigenvalue weighted by molar-refractivity contribution is -0.148. The number of methoxy groups -OCH3 is 2. The number of H-pyrrole nitrogens is 2. The molecule has 5 aromatic rings. The van der Waals surface area contributed by atoms with Crippen molar-refractivity contribution in [3.8, 4) is 33.8 Å². The third-order valence-corrected chi connectivity index (χ3v) is 11.2. The minimum absolute atomic E-state index is 0.0151. The van der Waals surface area contributed by atoms with E-state index in [1.165, 1.54) is 14.2 Å². The van der Waals surface area contributed by atoms with Crippen LogP contribution in [0.15, 0.2) is 55.1 Å². The number of esters is 1. The minimum atomic E-state index is -0.701. The summed E-state index contributed by atoms with van der Waals surface area (Å²) in [6.45, 7) is 8.87. The van der Waals surface area contributed by atoms with Gasteiger partial charge >= 0.3 is 12.1 Å². The van der Waals surface area contributed by atoms with Gasteiger partial charge in [-0.3, -0.25) is 19.4 Å². The third-order valence-electron chi connectivity index (χ3n) is 11.2. The molecule has 0 spiro atoms. The molecule has 3 amide bonds. The molecule has 2 saturated heterocycles. The van der Waals surface area contributed by atoms with E-state index in [0.29, 0.717) is 41.6 Å². The van der Waals surface area contributed by atoms with E-state index in [1.807, 2.05) is 62.9 Å². The summed E-state index contributed by atoms with van der Waals surface area (Å²) < 4.78 is 9.61. The number of imidazole rings is 2. The summed E-state index contributed by atoms with van der Waals surface area (Å²) in [5, 5.41) is 2.69. The number of fused-ring (bicyclic) bond motifs is 1. The second-order valence-electron chi connectivity index (χ2n) is 15.6. The number of carbonyl (C=O) groups excluding carboxylic acids is 4. The van der Waals surface area contributed by atoms with Crippen LogP contribution in [0.4, 0.5) is 4.79 Å². The number of benzene rings is 1. The number of alkyl carbamates (subject to hydrolysis) is 1. The normalized spacial score (nSPS) is 17.9. The molecular weight excluding hydrogens is 741 g/mol. The molecule has 7 rings (SSSR count). The Morgan fingerprint density at radius 1 is 0.741 bits per heavy atom. The van der Waals surface area contributed by atoms with Crippen molar-refractivity contribution in [3.63, 3.8) is 0 Å². The molecule has 3 N–H and O–H groups in total. The van der Waals surface area contributed by atoms with Gasteiger partial charge in [0.25, 0.3) is 0 Å². The number of pyridine rings is 1. The Morgan fingerprint density at radius 2 is 1.34 bits per heavy atom. The van der Waals surface area contributed by atoms with Gasteiger partial charge < -0.3 is 34.6 Å². The molecule has 1 aromatic carbocycles. The predicted molar refractivity (Wildman–Crippen MR) is 214 cm³/mol. The summed E-state index contributed by atoms with van der Waals surface area (Å²) in [5.41, 5.74) is 5.96. The van der Waals surface area contributed by atoms with Gasteiger partial charge in [-0.2, -0.15) is 0 Å². The van der Waals surface area contributed by atoms with Gasteiger partial charge in [0.15, 0.2) is 5.65 Å². The van der Waals surface area contributed by atoms with E-state index < -0.39 is 24.0 Å². The number of nitrogens with zero attached hydrogens (tertiary/aromatic N) is 7. The fraction of sp³-hybridized carbons (Fsp3) is 0.452. The molecule has 16 heteroatoms. The van der Waals surface area contributed by atoms with Crippen LogP contribution in [-0.4, -0.2) is 102 Å². The van der Waals surface area contributed by atoms with E-state index in [2.05, 4.69) is 30.2 Å². The second kappa shape index (κ2) is 17.1. The van der Waals surface area contributed by atoms with Crippen LogP contribution in [0.2, 0.25) is 0 Å². The van der Waals surface area contributed by atoms with Crippen molar-refractivity contribution in [1.82, 2.24) is 50.0 Å². The first-order chi connectivity index (χ1) is 27.9. The Bertz CT molecular complexity index is 2290. The van der Waals surface area contributed by atoms with Crippen LogP contribution in [0, 0.1) is 17.8 Å². The van der Waals surface area contributed by atoms with Gasteiger partial charge in [0, 0.05) is 30.4 Å². The zero-order chi connectivity index (χ0) is 41.1. The van der Waals surface area contributed by atoms with Gasteiger partial charge in [0.1, 0.15) is 23.2 Å². The molecule has 0 bridgehead atoms. The lowest BCUT2D eigenvalue weighted by Gasteiger charge is -2.30. The summed E-state index contributed by atoms with van der Waals surface area (Å²) in [4.78, 5) is 85.1. The van der Waals surface area contributed by atoms with Crippen molar-refractivity contribution in [2.75, 3.05) is 27.3 Å². The summed E-state index contributed by atoms with van der Waals surface area (Å²) in [7, 11) is 2.62. The molecule has 0 unspecified atom stereocenters. The number of hydrogen-bond acceptors (Lipinski definition) is 11. The highest BCUT2D eigenvalue weighted by Gasteiger charge is 2.39. The largest absolute Gasteiger partial charge is 0.469 e. The first kappa shape index (κ1) is 40.0. The van der Waals surface area contributed by atoms with Crippen LogP contribution >= 0.6 is 0 Å². The molecule has 304 valence electrons. The highest BCUT2D eigenvalue weighted by molar-refractivity contribution is 5.87. The Balaban J connectivity index is 1.02. The zero-order valence-corrected chi connectivity index (χ0v) is 33.7. The molecule has 0 saturated carbocycles.